The normalized spacial score (nSPS) is 10.7. The molecule has 0 fully saturated rings. The van der Waals surface area contributed by atoms with Crippen LogP contribution in [0.1, 0.15) is 11.1 Å². The standard InChI is InChI=1S/C24H22FN3O3/c1-15-10-17(31-13-16-6-4-5-7-19(16)25)8-9-20(15)28-24-18-11-22(29-2)23(30-3)12-21(18)26-14-27-24/h4-12,14H,13H2,1-3H3,(H,26,27,28). The summed E-state index contributed by atoms with van der Waals surface area (Å²) < 4.78 is 30.3. The summed E-state index contributed by atoms with van der Waals surface area (Å²) in [5, 5.41) is 4.16. The van der Waals surface area contributed by atoms with E-state index in [1.165, 1.54) is 12.4 Å². The summed E-state index contributed by atoms with van der Waals surface area (Å²) in [4.78, 5) is 8.72. The van der Waals surface area contributed by atoms with E-state index in [0.29, 0.717) is 28.6 Å². The molecule has 4 rings (SSSR count). The number of hydrogen-bond donors (Lipinski definition) is 1. The quantitative estimate of drug-likeness (QED) is 0.432. The molecule has 0 unspecified atom stereocenters. The van der Waals surface area contributed by atoms with Crippen molar-refractivity contribution in [1.29, 1.82) is 0 Å². The van der Waals surface area contributed by atoms with Crippen molar-refractivity contribution in [2.24, 2.45) is 0 Å². The van der Waals surface area contributed by atoms with Crippen LogP contribution in [0.5, 0.6) is 17.2 Å². The zero-order valence-electron chi connectivity index (χ0n) is 17.5. The zero-order chi connectivity index (χ0) is 21.8. The summed E-state index contributed by atoms with van der Waals surface area (Å²) in [6, 6.07) is 15.9. The fraction of sp³-hybridized carbons (Fsp3) is 0.167. The molecule has 7 heteroatoms. The van der Waals surface area contributed by atoms with E-state index in [-0.39, 0.29) is 12.4 Å². The van der Waals surface area contributed by atoms with Gasteiger partial charge in [0.1, 0.15) is 30.3 Å². The summed E-state index contributed by atoms with van der Waals surface area (Å²) in [6.07, 6.45) is 1.50. The lowest BCUT2D eigenvalue weighted by Crippen LogP contribution is -2.01. The number of anilines is 2. The van der Waals surface area contributed by atoms with E-state index in [2.05, 4.69) is 15.3 Å². The molecule has 0 aliphatic rings. The van der Waals surface area contributed by atoms with Crippen molar-refractivity contribution in [3.63, 3.8) is 0 Å². The Hall–Kier alpha value is -3.87. The van der Waals surface area contributed by atoms with Gasteiger partial charge in [0.05, 0.1) is 19.7 Å². The number of hydrogen-bond acceptors (Lipinski definition) is 6. The van der Waals surface area contributed by atoms with Gasteiger partial charge in [0.2, 0.25) is 0 Å². The van der Waals surface area contributed by atoms with Crippen LogP contribution in [0.25, 0.3) is 10.9 Å². The minimum absolute atomic E-state index is 0.164. The smallest absolute Gasteiger partial charge is 0.162 e. The molecule has 31 heavy (non-hydrogen) atoms. The lowest BCUT2D eigenvalue weighted by molar-refractivity contribution is 0.299. The van der Waals surface area contributed by atoms with Gasteiger partial charge in [-0.3, -0.25) is 0 Å². The molecule has 1 heterocycles. The van der Waals surface area contributed by atoms with E-state index in [1.54, 1.807) is 32.4 Å². The number of methoxy groups -OCH3 is 2. The van der Waals surface area contributed by atoms with E-state index in [4.69, 9.17) is 14.2 Å². The summed E-state index contributed by atoms with van der Waals surface area (Å²) in [7, 11) is 3.17. The average Bonchev–Trinajstić information content (AvgIpc) is 2.79. The van der Waals surface area contributed by atoms with Crippen LogP contribution >= 0.6 is 0 Å². The van der Waals surface area contributed by atoms with E-state index in [1.807, 2.05) is 37.3 Å². The van der Waals surface area contributed by atoms with Crippen molar-refractivity contribution in [3.05, 3.63) is 77.9 Å². The molecule has 0 amide bonds. The minimum Gasteiger partial charge on any atom is -0.493 e. The van der Waals surface area contributed by atoms with Crippen LogP contribution in [0.4, 0.5) is 15.9 Å². The third-order valence-electron chi connectivity index (χ3n) is 4.94. The van der Waals surface area contributed by atoms with Gasteiger partial charge in [-0.1, -0.05) is 18.2 Å². The summed E-state index contributed by atoms with van der Waals surface area (Å²) in [6.45, 7) is 2.13. The van der Waals surface area contributed by atoms with Gasteiger partial charge in [0.25, 0.3) is 0 Å². The maximum Gasteiger partial charge on any atom is 0.162 e. The molecule has 6 nitrogen and oxygen atoms in total. The van der Waals surface area contributed by atoms with Gasteiger partial charge in [0.15, 0.2) is 11.5 Å². The van der Waals surface area contributed by atoms with Crippen LogP contribution < -0.4 is 19.5 Å². The third kappa shape index (κ3) is 4.35. The van der Waals surface area contributed by atoms with Crippen molar-refractivity contribution in [2.75, 3.05) is 19.5 Å². The van der Waals surface area contributed by atoms with Gasteiger partial charge in [-0.15, -0.1) is 0 Å². The number of rotatable bonds is 7. The number of halogens is 1. The molecule has 0 bridgehead atoms. The zero-order valence-corrected chi connectivity index (χ0v) is 17.5. The number of aromatic nitrogens is 2. The van der Waals surface area contributed by atoms with Crippen molar-refractivity contribution in [3.8, 4) is 17.2 Å². The van der Waals surface area contributed by atoms with Crippen LogP contribution in [-0.4, -0.2) is 24.2 Å². The fourth-order valence-electron chi connectivity index (χ4n) is 3.25. The predicted octanol–water partition coefficient (Wildman–Crippen LogP) is 5.42. The Morgan fingerprint density at radius 2 is 1.71 bits per heavy atom. The SMILES string of the molecule is COc1cc2ncnc(Nc3ccc(OCc4ccccc4F)cc3C)c2cc1OC. The van der Waals surface area contributed by atoms with Crippen LogP contribution in [0.3, 0.4) is 0 Å². The van der Waals surface area contributed by atoms with E-state index >= 15 is 0 Å². The van der Waals surface area contributed by atoms with Crippen LogP contribution in [0.2, 0.25) is 0 Å². The number of nitrogens with one attached hydrogen (secondary N) is 1. The first-order valence-electron chi connectivity index (χ1n) is 9.69. The highest BCUT2D eigenvalue weighted by molar-refractivity contribution is 5.93. The molecule has 1 N–H and O–H groups in total. The van der Waals surface area contributed by atoms with Crippen LogP contribution in [-0.2, 0) is 6.61 Å². The number of nitrogens with zero attached hydrogens (tertiary/aromatic N) is 2. The molecule has 0 spiro atoms. The van der Waals surface area contributed by atoms with Gasteiger partial charge < -0.3 is 19.5 Å². The highest BCUT2D eigenvalue weighted by atomic mass is 19.1. The lowest BCUT2D eigenvalue weighted by atomic mass is 10.1. The highest BCUT2D eigenvalue weighted by Gasteiger charge is 2.12. The second-order valence-corrected chi connectivity index (χ2v) is 6.93. The molecule has 1 aromatic heterocycles. The molecule has 158 valence electrons. The lowest BCUT2D eigenvalue weighted by Gasteiger charge is -2.14. The number of ether oxygens (including phenoxy) is 3. The Labute approximate surface area is 179 Å². The maximum atomic E-state index is 13.8. The maximum absolute atomic E-state index is 13.8. The van der Waals surface area contributed by atoms with Gasteiger partial charge in [-0.05, 0) is 42.8 Å². The first-order chi connectivity index (χ1) is 15.1. The van der Waals surface area contributed by atoms with Crippen molar-refractivity contribution < 1.29 is 18.6 Å². The molecule has 0 atom stereocenters. The highest BCUT2D eigenvalue weighted by Crippen LogP contribution is 2.35. The Morgan fingerprint density at radius 1 is 0.935 bits per heavy atom. The molecule has 0 aliphatic heterocycles. The third-order valence-corrected chi connectivity index (χ3v) is 4.94. The Bertz CT molecular complexity index is 1230. The van der Waals surface area contributed by atoms with Crippen LogP contribution in [0, 0.1) is 12.7 Å². The molecule has 0 saturated carbocycles. The second-order valence-electron chi connectivity index (χ2n) is 6.93. The van der Waals surface area contributed by atoms with Crippen molar-refractivity contribution in [1.82, 2.24) is 9.97 Å². The Balaban J connectivity index is 1.57. The van der Waals surface area contributed by atoms with Gasteiger partial charge in [-0.25, -0.2) is 14.4 Å². The molecule has 0 radical (unpaired) electrons. The molecular formula is C24H22FN3O3. The first kappa shape index (κ1) is 20.4. The van der Waals surface area contributed by atoms with Crippen molar-refractivity contribution in [2.45, 2.75) is 13.5 Å². The molecule has 4 aromatic rings. The molecule has 3 aromatic carbocycles. The minimum atomic E-state index is -0.278. The van der Waals surface area contributed by atoms with Gasteiger partial charge in [-0.2, -0.15) is 0 Å². The first-order valence-corrected chi connectivity index (χ1v) is 9.69. The number of fused-ring (bicyclic) bond motifs is 1. The topological polar surface area (TPSA) is 65.5 Å². The number of aryl methyl sites for hydroxylation is 1. The molecule has 0 saturated heterocycles. The molecular weight excluding hydrogens is 397 g/mol. The van der Waals surface area contributed by atoms with Gasteiger partial charge >= 0.3 is 0 Å². The molecule has 0 aliphatic carbocycles. The summed E-state index contributed by atoms with van der Waals surface area (Å²) in [5.41, 5.74) is 3.07. The van der Waals surface area contributed by atoms with Crippen LogP contribution in [0.15, 0.2) is 60.9 Å². The van der Waals surface area contributed by atoms with E-state index < -0.39 is 0 Å². The van der Waals surface area contributed by atoms with E-state index in [0.717, 1.165) is 22.2 Å². The second kappa shape index (κ2) is 8.87. The number of benzene rings is 3. The Kier molecular flexibility index (Phi) is 5.84. The van der Waals surface area contributed by atoms with E-state index in [9.17, 15) is 4.39 Å². The fourth-order valence-corrected chi connectivity index (χ4v) is 3.25. The Morgan fingerprint density at radius 3 is 2.45 bits per heavy atom. The largest absolute Gasteiger partial charge is 0.493 e. The monoisotopic (exact) mass is 419 g/mol. The summed E-state index contributed by atoms with van der Waals surface area (Å²) in [5.74, 6) is 2.23. The predicted molar refractivity (Wildman–Crippen MR) is 118 cm³/mol. The average molecular weight is 419 g/mol. The van der Waals surface area contributed by atoms with Crippen molar-refractivity contribution >= 4 is 22.4 Å². The summed E-state index contributed by atoms with van der Waals surface area (Å²) >= 11 is 0. The van der Waals surface area contributed by atoms with Gasteiger partial charge in [0, 0.05) is 22.7 Å².